The smallest absolute Gasteiger partial charge is 0.242 e. The Morgan fingerprint density at radius 3 is 2.94 bits per heavy atom. The molecule has 0 aromatic heterocycles. The Bertz CT molecular complexity index is 286. The Labute approximate surface area is 110 Å². The highest BCUT2D eigenvalue weighted by atomic mass is 16.5. The molecular formula is C14H26N2O2. The molecule has 0 aliphatic carbocycles. The van der Waals surface area contributed by atoms with Crippen LogP contribution in [0.15, 0.2) is 0 Å². The van der Waals surface area contributed by atoms with Gasteiger partial charge in [0.15, 0.2) is 0 Å². The highest BCUT2D eigenvalue weighted by molar-refractivity contribution is 5.86. The summed E-state index contributed by atoms with van der Waals surface area (Å²) in [4.78, 5) is 14.8. The minimum atomic E-state index is -0.269. The van der Waals surface area contributed by atoms with Gasteiger partial charge >= 0.3 is 0 Å². The summed E-state index contributed by atoms with van der Waals surface area (Å²) >= 11 is 0. The summed E-state index contributed by atoms with van der Waals surface area (Å²) in [6, 6.07) is 0. The number of methoxy groups -OCH3 is 1. The van der Waals surface area contributed by atoms with Gasteiger partial charge in [-0.2, -0.15) is 0 Å². The van der Waals surface area contributed by atoms with Crippen LogP contribution < -0.4 is 5.32 Å². The van der Waals surface area contributed by atoms with Crippen molar-refractivity contribution in [3.05, 3.63) is 0 Å². The summed E-state index contributed by atoms with van der Waals surface area (Å²) in [5.41, 5.74) is -0.269. The molecule has 0 aromatic carbocycles. The predicted octanol–water partition coefficient (Wildman–Crippen LogP) is 1.40. The maximum absolute atomic E-state index is 12.7. The van der Waals surface area contributed by atoms with E-state index in [4.69, 9.17) is 4.74 Å². The first-order valence-corrected chi connectivity index (χ1v) is 7.25. The Morgan fingerprint density at radius 2 is 2.33 bits per heavy atom. The maximum Gasteiger partial charge on any atom is 0.242 e. The number of rotatable bonds is 4. The molecule has 0 saturated carbocycles. The van der Waals surface area contributed by atoms with Gasteiger partial charge in [-0.05, 0) is 44.6 Å². The molecule has 2 saturated heterocycles. The van der Waals surface area contributed by atoms with Gasteiger partial charge in [-0.3, -0.25) is 4.79 Å². The Kier molecular flexibility index (Phi) is 4.62. The molecule has 0 bridgehead atoms. The van der Waals surface area contributed by atoms with Crippen molar-refractivity contribution in [2.45, 2.75) is 44.6 Å². The lowest BCUT2D eigenvalue weighted by Gasteiger charge is -2.38. The van der Waals surface area contributed by atoms with Crippen LogP contribution in [0, 0.1) is 5.92 Å². The van der Waals surface area contributed by atoms with E-state index >= 15 is 0 Å². The SMILES string of the molecule is CC[C@]1(C(=O)N2CCC[C@@H](COC)C2)CCCN1. The first-order valence-electron chi connectivity index (χ1n) is 7.25. The number of likely N-dealkylation sites (tertiary alicyclic amines) is 1. The van der Waals surface area contributed by atoms with Gasteiger partial charge in [0.25, 0.3) is 0 Å². The van der Waals surface area contributed by atoms with Crippen molar-refractivity contribution in [2.24, 2.45) is 5.92 Å². The fourth-order valence-corrected chi connectivity index (χ4v) is 3.37. The molecular weight excluding hydrogens is 228 g/mol. The largest absolute Gasteiger partial charge is 0.384 e. The zero-order valence-electron chi connectivity index (χ0n) is 11.7. The zero-order chi connectivity index (χ0) is 13.0. The molecule has 104 valence electrons. The molecule has 2 rings (SSSR count). The van der Waals surface area contributed by atoms with E-state index < -0.39 is 0 Å². The van der Waals surface area contributed by atoms with E-state index in [2.05, 4.69) is 17.1 Å². The molecule has 0 unspecified atom stereocenters. The van der Waals surface area contributed by atoms with Gasteiger partial charge in [-0.15, -0.1) is 0 Å². The second-order valence-corrected chi connectivity index (χ2v) is 5.68. The zero-order valence-corrected chi connectivity index (χ0v) is 11.7. The molecule has 2 atom stereocenters. The molecule has 1 amide bonds. The van der Waals surface area contributed by atoms with Crippen molar-refractivity contribution in [2.75, 3.05) is 33.4 Å². The van der Waals surface area contributed by atoms with Crippen molar-refractivity contribution in [3.8, 4) is 0 Å². The standard InChI is InChI=1S/C14H26N2O2/c1-3-14(7-5-8-15-14)13(17)16-9-4-6-12(10-16)11-18-2/h12,15H,3-11H2,1-2H3/t12-,14-/m1/s1. The molecule has 4 nitrogen and oxygen atoms in total. The van der Waals surface area contributed by atoms with Crippen molar-refractivity contribution in [1.29, 1.82) is 0 Å². The lowest BCUT2D eigenvalue weighted by Crippen LogP contribution is -2.56. The highest BCUT2D eigenvalue weighted by Crippen LogP contribution is 2.28. The third kappa shape index (κ3) is 2.69. The van der Waals surface area contributed by atoms with Crippen LogP contribution in [0.3, 0.4) is 0 Å². The number of nitrogens with zero attached hydrogens (tertiary/aromatic N) is 1. The van der Waals surface area contributed by atoms with Crippen molar-refractivity contribution < 1.29 is 9.53 Å². The van der Waals surface area contributed by atoms with Crippen LogP contribution in [0.1, 0.15) is 39.0 Å². The van der Waals surface area contributed by atoms with Crippen molar-refractivity contribution in [3.63, 3.8) is 0 Å². The van der Waals surface area contributed by atoms with E-state index in [0.717, 1.165) is 51.9 Å². The van der Waals surface area contributed by atoms with Gasteiger partial charge in [-0.1, -0.05) is 6.92 Å². The number of hydrogen-bond donors (Lipinski definition) is 1. The quantitative estimate of drug-likeness (QED) is 0.824. The molecule has 2 fully saturated rings. The van der Waals surface area contributed by atoms with E-state index in [1.807, 2.05) is 0 Å². The number of ether oxygens (including phenoxy) is 1. The van der Waals surface area contributed by atoms with E-state index in [0.29, 0.717) is 11.8 Å². The fourth-order valence-electron chi connectivity index (χ4n) is 3.37. The molecule has 1 N–H and O–H groups in total. The lowest BCUT2D eigenvalue weighted by molar-refractivity contribution is -0.140. The van der Waals surface area contributed by atoms with Crippen LogP contribution in [-0.4, -0.2) is 49.7 Å². The minimum absolute atomic E-state index is 0.269. The Hall–Kier alpha value is -0.610. The second-order valence-electron chi connectivity index (χ2n) is 5.68. The first kappa shape index (κ1) is 13.8. The van der Waals surface area contributed by atoms with Gasteiger partial charge in [-0.25, -0.2) is 0 Å². The van der Waals surface area contributed by atoms with E-state index in [9.17, 15) is 4.79 Å². The van der Waals surface area contributed by atoms with Crippen LogP contribution in [0.25, 0.3) is 0 Å². The van der Waals surface area contributed by atoms with Crippen molar-refractivity contribution >= 4 is 5.91 Å². The van der Waals surface area contributed by atoms with E-state index in [1.54, 1.807) is 7.11 Å². The molecule has 2 heterocycles. The topological polar surface area (TPSA) is 41.6 Å². The number of piperidine rings is 1. The molecule has 0 radical (unpaired) electrons. The number of carbonyl (C=O) groups is 1. The molecule has 18 heavy (non-hydrogen) atoms. The highest BCUT2D eigenvalue weighted by Gasteiger charge is 2.42. The molecule has 0 spiro atoms. The molecule has 4 heteroatoms. The summed E-state index contributed by atoms with van der Waals surface area (Å²) in [5, 5.41) is 3.44. The number of carbonyl (C=O) groups excluding carboxylic acids is 1. The van der Waals surface area contributed by atoms with Gasteiger partial charge < -0.3 is 15.0 Å². The number of amides is 1. The van der Waals surface area contributed by atoms with Gasteiger partial charge in [0, 0.05) is 20.2 Å². The molecule has 2 aliphatic rings. The first-order chi connectivity index (χ1) is 8.72. The summed E-state index contributed by atoms with van der Waals surface area (Å²) in [6.07, 6.45) is 5.31. The average Bonchev–Trinajstić information content (AvgIpc) is 2.88. The summed E-state index contributed by atoms with van der Waals surface area (Å²) < 4.78 is 5.23. The van der Waals surface area contributed by atoms with Crippen LogP contribution in [0.5, 0.6) is 0 Å². The summed E-state index contributed by atoms with van der Waals surface area (Å²) in [7, 11) is 1.74. The van der Waals surface area contributed by atoms with Crippen LogP contribution in [0.2, 0.25) is 0 Å². The van der Waals surface area contributed by atoms with Crippen LogP contribution >= 0.6 is 0 Å². The molecule has 2 aliphatic heterocycles. The van der Waals surface area contributed by atoms with E-state index in [-0.39, 0.29) is 5.54 Å². The average molecular weight is 254 g/mol. The number of nitrogens with one attached hydrogen (secondary N) is 1. The predicted molar refractivity (Wildman–Crippen MR) is 71.4 cm³/mol. The molecule has 0 aromatic rings. The third-order valence-corrected chi connectivity index (χ3v) is 4.47. The normalized spacial score (nSPS) is 32.8. The lowest BCUT2D eigenvalue weighted by atomic mass is 9.90. The Balaban J connectivity index is 1.99. The van der Waals surface area contributed by atoms with Crippen LogP contribution in [0.4, 0.5) is 0 Å². The number of hydrogen-bond acceptors (Lipinski definition) is 3. The monoisotopic (exact) mass is 254 g/mol. The fraction of sp³-hybridized carbons (Fsp3) is 0.929. The van der Waals surface area contributed by atoms with Gasteiger partial charge in [0.1, 0.15) is 0 Å². The van der Waals surface area contributed by atoms with Gasteiger partial charge in [0.05, 0.1) is 12.1 Å². The van der Waals surface area contributed by atoms with Crippen LogP contribution in [-0.2, 0) is 9.53 Å². The third-order valence-electron chi connectivity index (χ3n) is 4.47. The second kappa shape index (κ2) is 6.02. The summed E-state index contributed by atoms with van der Waals surface area (Å²) in [5.74, 6) is 0.839. The minimum Gasteiger partial charge on any atom is -0.384 e. The summed E-state index contributed by atoms with van der Waals surface area (Å²) in [6.45, 7) is 5.66. The maximum atomic E-state index is 12.7. The van der Waals surface area contributed by atoms with Crippen molar-refractivity contribution in [1.82, 2.24) is 10.2 Å². The van der Waals surface area contributed by atoms with Gasteiger partial charge in [0.2, 0.25) is 5.91 Å². The Morgan fingerprint density at radius 1 is 1.50 bits per heavy atom. The van der Waals surface area contributed by atoms with E-state index in [1.165, 1.54) is 6.42 Å².